The van der Waals surface area contributed by atoms with E-state index >= 15 is 0 Å². The molecule has 94 valence electrons. The van der Waals surface area contributed by atoms with Crippen molar-refractivity contribution >= 4 is 27.3 Å². The Bertz CT molecular complexity index is 380. The van der Waals surface area contributed by atoms with E-state index in [-0.39, 0.29) is 10.4 Å². The summed E-state index contributed by atoms with van der Waals surface area (Å²) in [4.78, 5) is 14.1. The maximum atomic E-state index is 10.5. The molecular formula is C11H16N2O2S2. The molecule has 0 aromatic carbocycles. The van der Waals surface area contributed by atoms with Gasteiger partial charge in [-0.3, -0.25) is 10.1 Å². The largest absolute Gasteiger partial charge is 0.287 e. The van der Waals surface area contributed by atoms with Crippen molar-refractivity contribution in [1.29, 1.82) is 0 Å². The van der Waals surface area contributed by atoms with Gasteiger partial charge in [0.15, 0.2) is 0 Å². The predicted molar refractivity (Wildman–Crippen MR) is 73.3 cm³/mol. The summed E-state index contributed by atoms with van der Waals surface area (Å²) >= 11 is 0. The zero-order valence-corrected chi connectivity index (χ0v) is 11.8. The van der Waals surface area contributed by atoms with E-state index in [0.717, 1.165) is 17.9 Å². The molecule has 0 saturated carbocycles. The van der Waals surface area contributed by atoms with E-state index in [0.29, 0.717) is 0 Å². The first-order chi connectivity index (χ1) is 7.94. The molecule has 0 amide bonds. The maximum absolute atomic E-state index is 10.5. The van der Waals surface area contributed by atoms with Crippen LogP contribution in [-0.2, 0) is 0 Å². The normalized spacial score (nSPS) is 11.5. The molecule has 6 heteroatoms. The van der Waals surface area contributed by atoms with Gasteiger partial charge >= 0.3 is 0 Å². The standard InChI is InChI=1S/C11H16N2O2S2/c1-4-7-11(2,3)17-16-10-6-5-9(8-12-10)13(14)15/h5-6,8H,4,7H2,1-3H3. The van der Waals surface area contributed by atoms with E-state index in [9.17, 15) is 10.1 Å². The average molecular weight is 272 g/mol. The van der Waals surface area contributed by atoms with Crippen LogP contribution >= 0.6 is 21.6 Å². The zero-order valence-electron chi connectivity index (χ0n) is 10.2. The molecule has 1 aromatic rings. The Hall–Kier alpha value is -0.750. The van der Waals surface area contributed by atoms with Crippen LogP contribution in [-0.4, -0.2) is 14.7 Å². The van der Waals surface area contributed by atoms with Gasteiger partial charge in [-0.25, -0.2) is 4.98 Å². The minimum atomic E-state index is -0.435. The summed E-state index contributed by atoms with van der Waals surface area (Å²) < 4.78 is 0.197. The van der Waals surface area contributed by atoms with Gasteiger partial charge in [-0.05, 0) is 37.1 Å². The molecule has 17 heavy (non-hydrogen) atoms. The number of aromatic nitrogens is 1. The van der Waals surface area contributed by atoms with Gasteiger partial charge in [0.2, 0.25) is 0 Å². The molecule has 0 atom stereocenters. The lowest BCUT2D eigenvalue weighted by molar-refractivity contribution is -0.385. The van der Waals surface area contributed by atoms with Crippen LogP contribution in [0.1, 0.15) is 33.6 Å². The zero-order chi connectivity index (χ0) is 12.9. The predicted octanol–water partition coefficient (Wildman–Crippen LogP) is 4.31. The third-order valence-corrected chi connectivity index (χ3v) is 5.40. The minimum Gasteiger partial charge on any atom is -0.258 e. The summed E-state index contributed by atoms with van der Waals surface area (Å²) in [6.07, 6.45) is 3.58. The number of pyridine rings is 1. The molecule has 0 bridgehead atoms. The number of nitro groups is 1. The van der Waals surface area contributed by atoms with Gasteiger partial charge in [-0.15, -0.1) is 0 Å². The van der Waals surface area contributed by atoms with Crippen LogP contribution in [0.25, 0.3) is 0 Å². The fourth-order valence-electron chi connectivity index (χ4n) is 1.33. The molecule has 0 aliphatic heterocycles. The van der Waals surface area contributed by atoms with Crippen LogP contribution in [0.4, 0.5) is 5.69 Å². The SMILES string of the molecule is CCCC(C)(C)SSc1ccc([N+](=O)[O-])cn1. The molecule has 0 fully saturated rings. The summed E-state index contributed by atoms with van der Waals surface area (Å²) in [7, 11) is 3.33. The van der Waals surface area contributed by atoms with Gasteiger partial charge in [-0.2, -0.15) is 0 Å². The van der Waals surface area contributed by atoms with Crippen LogP contribution in [0.3, 0.4) is 0 Å². The molecule has 0 radical (unpaired) electrons. The Balaban J connectivity index is 2.55. The lowest BCUT2D eigenvalue weighted by Gasteiger charge is -2.21. The van der Waals surface area contributed by atoms with E-state index in [1.165, 1.54) is 12.3 Å². The van der Waals surface area contributed by atoms with Gasteiger partial charge in [0, 0.05) is 10.8 Å². The summed E-state index contributed by atoms with van der Waals surface area (Å²) in [5.74, 6) is 0. The second-order valence-corrected chi connectivity index (χ2v) is 7.14. The lowest BCUT2D eigenvalue weighted by Crippen LogP contribution is -2.11. The minimum absolute atomic E-state index is 0.0344. The molecule has 0 saturated heterocycles. The highest BCUT2D eigenvalue weighted by molar-refractivity contribution is 8.77. The van der Waals surface area contributed by atoms with E-state index in [1.807, 2.05) is 0 Å². The Kier molecular flexibility index (Phi) is 5.27. The summed E-state index contributed by atoms with van der Waals surface area (Å²) in [5, 5.41) is 11.3. The average Bonchev–Trinajstić information content (AvgIpc) is 2.27. The highest BCUT2D eigenvalue weighted by Gasteiger charge is 2.18. The fourth-order valence-corrected chi connectivity index (χ4v) is 3.63. The summed E-state index contributed by atoms with van der Waals surface area (Å²) in [6, 6.07) is 3.18. The Morgan fingerprint density at radius 3 is 2.65 bits per heavy atom. The summed E-state index contributed by atoms with van der Waals surface area (Å²) in [6.45, 7) is 6.55. The third kappa shape index (κ3) is 4.95. The first kappa shape index (κ1) is 14.3. The Morgan fingerprint density at radius 2 is 2.18 bits per heavy atom. The number of rotatable bonds is 6. The molecule has 0 aliphatic rings. The van der Waals surface area contributed by atoms with Gasteiger partial charge in [0.1, 0.15) is 11.2 Å². The highest BCUT2D eigenvalue weighted by atomic mass is 33.1. The smallest absolute Gasteiger partial charge is 0.258 e. The number of nitrogens with zero attached hydrogens (tertiary/aromatic N) is 2. The van der Waals surface area contributed by atoms with Crippen molar-refractivity contribution in [2.45, 2.75) is 43.4 Å². The van der Waals surface area contributed by atoms with Crippen molar-refractivity contribution in [3.63, 3.8) is 0 Å². The van der Waals surface area contributed by atoms with Crippen LogP contribution < -0.4 is 0 Å². The highest BCUT2D eigenvalue weighted by Crippen LogP contribution is 2.42. The van der Waals surface area contributed by atoms with E-state index in [2.05, 4.69) is 25.8 Å². The molecule has 0 aliphatic carbocycles. The second kappa shape index (κ2) is 6.26. The monoisotopic (exact) mass is 272 g/mol. The van der Waals surface area contributed by atoms with Crippen molar-refractivity contribution in [2.24, 2.45) is 0 Å². The van der Waals surface area contributed by atoms with E-state index in [1.54, 1.807) is 27.7 Å². The molecule has 1 rings (SSSR count). The van der Waals surface area contributed by atoms with E-state index < -0.39 is 4.92 Å². The van der Waals surface area contributed by atoms with E-state index in [4.69, 9.17) is 0 Å². The second-order valence-electron chi connectivity index (χ2n) is 4.29. The molecule has 4 nitrogen and oxygen atoms in total. The summed E-state index contributed by atoms with van der Waals surface area (Å²) in [5.41, 5.74) is 0.0344. The van der Waals surface area contributed by atoms with Gasteiger partial charge in [0.05, 0.1) is 4.92 Å². The van der Waals surface area contributed by atoms with Crippen LogP contribution in [0.15, 0.2) is 23.4 Å². The van der Waals surface area contributed by atoms with Crippen molar-refractivity contribution in [1.82, 2.24) is 4.98 Å². The van der Waals surface area contributed by atoms with Crippen molar-refractivity contribution in [3.8, 4) is 0 Å². The molecule has 0 N–H and O–H groups in total. The topological polar surface area (TPSA) is 56.0 Å². The quantitative estimate of drug-likeness (QED) is 0.439. The number of hydrogen-bond acceptors (Lipinski definition) is 5. The Morgan fingerprint density at radius 1 is 1.47 bits per heavy atom. The van der Waals surface area contributed by atoms with Gasteiger partial charge in [-0.1, -0.05) is 24.1 Å². The van der Waals surface area contributed by atoms with Crippen LogP contribution in [0.2, 0.25) is 0 Å². The fraction of sp³-hybridized carbons (Fsp3) is 0.545. The number of hydrogen-bond donors (Lipinski definition) is 0. The first-order valence-electron chi connectivity index (χ1n) is 5.41. The third-order valence-electron chi connectivity index (χ3n) is 2.14. The molecule has 1 aromatic heterocycles. The maximum Gasteiger partial charge on any atom is 0.287 e. The van der Waals surface area contributed by atoms with Crippen LogP contribution in [0.5, 0.6) is 0 Å². The molecular weight excluding hydrogens is 256 g/mol. The van der Waals surface area contributed by atoms with Crippen molar-refractivity contribution in [2.75, 3.05) is 0 Å². The van der Waals surface area contributed by atoms with Crippen LogP contribution in [0, 0.1) is 10.1 Å². The van der Waals surface area contributed by atoms with Gasteiger partial charge in [0.25, 0.3) is 5.69 Å². The van der Waals surface area contributed by atoms with Gasteiger partial charge < -0.3 is 0 Å². The lowest BCUT2D eigenvalue weighted by atomic mass is 10.1. The Labute approximate surface area is 109 Å². The van der Waals surface area contributed by atoms with Crippen molar-refractivity contribution in [3.05, 3.63) is 28.4 Å². The molecule has 0 unspecified atom stereocenters. The first-order valence-corrected chi connectivity index (χ1v) is 7.56. The molecule has 0 spiro atoms. The molecule has 1 heterocycles. The van der Waals surface area contributed by atoms with Crippen molar-refractivity contribution < 1.29 is 4.92 Å².